The molecule has 360 valence electrons. The standard InChI is InChI=1S/C69H59BN2S2/c1-2-68(35-40-16-17-41(24-40)36-68)48-20-23-58-53(29-48)55-30-49(69-37-42-25-43(38-69)27-44(26-42)39-69)31-57-67(55)71(58)60-32-52-51-13-7-6-12-47(51)28-54(52)65-56-33-63-64(74-62-15-9-8-14-61(62)73-63)34-59(56)72(70(57)66(60)65)50-21-18-46(19-22-50)45-10-4-3-5-11-45/h3-15,18-23,29-34,40-44H,2,16-17,24-28,35-39H2,1H3. The number of aromatic nitrogens is 1. The average Bonchev–Trinajstić information content (AvgIpc) is 4.12. The summed E-state index contributed by atoms with van der Waals surface area (Å²) in [5, 5.41) is 2.99. The van der Waals surface area contributed by atoms with Gasteiger partial charge in [-0.15, -0.1) is 0 Å². The summed E-state index contributed by atoms with van der Waals surface area (Å²) in [5.41, 5.74) is 24.8. The molecule has 6 bridgehead atoms. The first kappa shape index (κ1) is 42.4. The van der Waals surface area contributed by atoms with Gasteiger partial charge in [-0.3, -0.25) is 0 Å². The van der Waals surface area contributed by atoms with Gasteiger partial charge in [0.2, 0.25) is 0 Å². The first-order chi connectivity index (χ1) is 36.4. The Morgan fingerprint density at radius 2 is 1.20 bits per heavy atom. The molecule has 0 amide bonds. The summed E-state index contributed by atoms with van der Waals surface area (Å²) < 4.78 is 2.81. The van der Waals surface area contributed by atoms with E-state index in [0.29, 0.717) is 0 Å². The lowest BCUT2D eigenvalue weighted by atomic mass is 9.42. The minimum absolute atomic E-state index is 0.0146. The van der Waals surface area contributed by atoms with Gasteiger partial charge in [-0.25, -0.2) is 0 Å². The molecule has 5 heteroatoms. The van der Waals surface area contributed by atoms with Crippen molar-refractivity contribution in [1.29, 1.82) is 0 Å². The van der Waals surface area contributed by atoms with Crippen molar-refractivity contribution in [2.75, 3.05) is 4.81 Å². The molecule has 10 aliphatic rings. The molecule has 0 spiro atoms. The Morgan fingerprint density at radius 1 is 0.541 bits per heavy atom. The van der Waals surface area contributed by atoms with Crippen LogP contribution in [0.4, 0.5) is 11.4 Å². The summed E-state index contributed by atoms with van der Waals surface area (Å²) in [7, 11) is 0. The second-order valence-electron chi connectivity index (χ2n) is 25.0. The molecule has 74 heavy (non-hydrogen) atoms. The van der Waals surface area contributed by atoms with Crippen molar-refractivity contribution in [3.8, 4) is 39.1 Å². The molecule has 7 aliphatic carbocycles. The van der Waals surface area contributed by atoms with E-state index in [-0.39, 0.29) is 17.7 Å². The fourth-order valence-electron chi connectivity index (χ4n) is 18.5. The Labute approximate surface area is 444 Å². The topological polar surface area (TPSA) is 8.17 Å². The SMILES string of the molecule is CCC1(c2ccc3c(c2)c2cc(C45CC6CC(CC(C6)C4)C5)cc4c2n3-c2cc3c(c5c2B4N(c2ccc(-c4ccccc4)cc2)c2cc4c(cc2-5)Sc2ccccc2S4)Cc2ccccc2-3)CC2CCC(C2)C1. The maximum Gasteiger partial charge on any atom is 0.333 e. The Morgan fingerprint density at radius 3 is 1.95 bits per heavy atom. The van der Waals surface area contributed by atoms with Crippen LogP contribution in [0.15, 0.2) is 171 Å². The van der Waals surface area contributed by atoms with Crippen molar-refractivity contribution >= 4 is 74.5 Å². The summed E-state index contributed by atoms with van der Waals surface area (Å²) in [6, 6.07) is 60.6. The van der Waals surface area contributed by atoms with E-state index in [4.69, 9.17) is 0 Å². The molecule has 2 atom stereocenters. The van der Waals surface area contributed by atoms with Gasteiger partial charge in [0.15, 0.2) is 0 Å². The lowest BCUT2D eigenvalue weighted by molar-refractivity contribution is -0.00509. The van der Waals surface area contributed by atoms with Crippen LogP contribution in [-0.4, -0.2) is 11.4 Å². The molecule has 1 aromatic heterocycles. The molecule has 4 heterocycles. The number of hydrogen-bond acceptors (Lipinski definition) is 3. The van der Waals surface area contributed by atoms with E-state index < -0.39 is 0 Å². The Balaban J connectivity index is 0.958. The van der Waals surface area contributed by atoms with Crippen LogP contribution in [0.2, 0.25) is 0 Å². The number of fused-ring (bicyclic) bond motifs is 15. The molecule has 19 rings (SSSR count). The van der Waals surface area contributed by atoms with E-state index >= 15 is 0 Å². The molecule has 8 aromatic carbocycles. The lowest BCUT2D eigenvalue weighted by Crippen LogP contribution is -2.61. The van der Waals surface area contributed by atoms with Crippen LogP contribution in [0.1, 0.15) is 106 Å². The van der Waals surface area contributed by atoms with E-state index in [2.05, 4.69) is 168 Å². The fourth-order valence-corrected chi connectivity index (χ4v) is 20.8. The van der Waals surface area contributed by atoms with Crippen molar-refractivity contribution in [2.45, 2.75) is 121 Å². The van der Waals surface area contributed by atoms with Gasteiger partial charge in [0, 0.05) is 53.0 Å². The maximum absolute atomic E-state index is 2.84. The molecule has 0 radical (unpaired) electrons. The van der Waals surface area contributed by atoms with Crippen molar-refractivity contribution in [1.82, 2.24) is 4.57 Å². The van der Waals surface area contributed by atoms with Crippen LogP contribution in [0, 0.1) is 29.6 Å². The summed E-state index contributed by atoms with van der Waals surface area (Å²) in [6.07, 6.45) is 17.7. The normalized spacial score (nSPS) is 26.7. The van der Waals surface area contributed by atoms with Crippen molar-refractivity contribution in [3.63, 3.8) is 0 Å². The molecule has 3 aliphatic heterocycles. The summed E-state index contributed by atoms with van der Waals surface area (Å²) in [4.78, 5) is 8.29. The van der Waals surface area contributed by atoms with E-state index in [1.807, 2.05) is 23.5 Å². The van der Waals surface area contributed by atoms with E-state index in [9.17, 15) is 0 Å². The Kier molecular flexibility index (Phi) is 8.68. The predicted octanol–water partition coefficient (Wildman–Crippen LogP) is 17.2. The second-order valence-corrected chi connectivity index (χ2v) is 27.2. The van der Waals surface area contributed by atoms with Gasteiger partial charge in [-0.2, -0.15) is 0 Å². The molecular weight excluding hydrogens is 932 g/mol. The minimum atomic E-state index is -0.0146. The number of anilines is 2. The molecule has 9 aromatic rings. The van der Waals surface area contributed by atoms with Crippen LogP contribution in [0.3, 0.4) is 0 Å². The zero-order valence-electron chi connectivity index (χ0n) is 42.3. The van der Waals surface area contributed by atoms with Crippen LogP contribution >= 0.6 is 23.5 Å². The minimum Gasteiger partial charge on any atom is -0.376 e. The third-order valence-corrected chi connectivity index (χ3v) is 23.7. The third kappa shape index (κ3) is 5.79. The first-order valence-corrected chi connectivity index (χ1v) is 30.1. The van der Waals surface area contributed by atoms with Crippen LogP contribution in [0.5, 0.6) is 0 Å². The highest BCUT2D eigenvalue weighted by Crippen LogP contribution is 2.62. The number of hydrogen-bond donors (Lipinski definition) is 0. The number of benzene rings is 8. The van der Waals surface area contributed by atoms with Gasteiger partial charge in [-0.05, 0) is 233 Å². The zero-order valence-corrected chi connectivity index (χ0v) is 43.9. The molecule has 6 fully saturated rings. The summed E-state index contributed by atoms with van der Waals surface area (Å²) in [6.45, 7) is 2.50. The Bertz CT molecular complexity index is 3880. The quantitative estimate of drug-likeness (QED) is 0.159. The van der Waals surface area contributed by atoms with Crippen molar-refractivity contribution in [3.05, 3.63) is 174 Å². The van der Waals surface area contributed by atoms with Gasteiger partial charge in [0.05, 0.1) is 11.0 Å². The molecule has 6 saturated carbocycles. The second kappa shape index (κ2) is 15.2. The number of rotatable bonds is 5. The molecule has 0 N–H and O–H groups in total. The first-order valence-electron chi connectivity index (χ1n) is 28.4. The highest BCUT2D eigenvalue weighted by atomic mass is 32.2. The third-order valence-electron chi connectivity index (χ3n) is 21.2. The number of nitrogens with zero attached hydrogens (tertiary/aromatic N) is 2. The Hall–Kier alpha value is -5.88. The summed E-state index contributed by atoms with van der Waals surface area (Å²) >= 11 is 3.92. The van der Waals surface area contributed by atoms with E-state index in [1.165, 1.54) is 191 Å². The lowest BCUT2D eigenvalue weighted by Gasteiger charge is -2.57. The molecule has 0 saturated heterocycles. The maximum atomic E-state index is 2.84. The monoisotopic (exact) mass is 990 g/mol. The van der Waals surface area contributed by atoms with Gasteiger partial charge < -0.3 is 9.38 Å². The highest BCUT2D eigenvalue weighted by Gasteiger charge is 2.54. The van der Waals surface area contributed by atoms with Gasteiger partial charge in [0.1, 0.15) is 0 Å². The van der Waals surface area contributed by atoms with Gasteiger partial charge >= 0.3 is 6.85 Å². The van der Waals surface area contributed by atoms with Gasteiger partial charge in [0.25, 0.3) is 0 Å². The van der Waals surface area contributed by atoms with Crippen LogP contribution in [0.25, 0.3) is 60.9 Å². The van der Waals surface area contributed by atoms with Crippen molar-refractivity contribution in [2.24, 2.45) is 29.6 Å². The smallest absolute Gasteiger partial charge is 0.333 e. The van der Waals surface area contributed by atoms with Crippen molar-refractivity contribution < 1.29 is 0 Å². The van der Waals surface area contributed by atoms with Gasteiger partial charge in [-0.1, -0.05) is 134 Å². The predicted molar refractivity (Wildman–Crippen MR) is 310 cm³/mol. The summed E-state index contributed by atoms with van der Waals surface area (Å²) in [5.74, 6) is 4.38. The average molecular weight is 991 g/mol. The van der Waals surface area contributed by atoms with E-state index in [0.717, 1.165) is 36.0 Å². The highest BCUT2D eigenvalue weighted by molar-refractivity contribution is 8.05. The van der Waals surface area contributed by atoms with Crippen LogP contribution in [-0.2, 0) is 17.3 Å². The fraction of sp³-hybridized carbons (Fsp3) is 0.304. The molecule has 2 nitrogen and oxygen atoms in total. The molecular formula is C69H59BN2S2. The molecule has 2 unspecified atom stereocenters. The largest absolute Gasteiger partial charge is 0.376 e. The van der Waals surface area contributed by atoms with Crippen LogP contribution < -0.4 is 15.7 Å². The zero-order chi connectivity index (χ0) is 48.2. The van der Waals surface area contributed by atoms with E-state index in [1.54, 1.807) is 11.1 Å².